The summed E-state index contributed by atoms with van der Waals surface area (Å²) in [5, 5.41) is 15.7. The van der Waals surface area contributed by atoms with Gasteiger partial charge in [0, 0.05) is 5.75 Å². The lowest BCUT2D eigenvalue weighted by atomic mass is 10.6. The Morgan fingerprint density at radius 3 is 1.93 bits per heavy atom. The van der Waals surface area contributed by atoms with Gasteiger partial charge in [-0.05, 0) is 0 Å². The third-order valence-corrected chi connectivity index (χ3v) is 2.51. The van der Waals surface area contributed by atoms with Crippen LogP contribution >= 0.6 is 36.0 Å². The molecular weight excluding hydrogens is 260 g/mol. The first-order valence-corrected chi connectivity index (χ1v) is 6.80. The van der Waals surface area contributed by atoms with Crippen LogP contribution in [0.4, 0.5) is 0 Å². The number of aliphatic hydroxyl groups excluding tert-OH is 2. The van der Waals surface area contributed by atoms with E-state index in [4.69, 9.17) is 31.3 Å². The molecule has 0 bridgehead atoms. The summed E-state index contributed by atoms with van der Waals surface area (Å²) in [6.45, 7) is 1.77. The van der Waals surface area contributed by atoms with Crippen molar-refractivity contribution in [1.29, 1.82) is 0 Å². The van der Waals surface area contributed by atoms with E-state index in [9.17, 15) is 0 Å². The van der Waals surface area contributed by atoms with Crippen LogP contribution < -0.4 is 0 Å². The minimum atomic E-state index is -0.0556. The molecule has 0 saturated carbocycles. The maximum atomic E-state index is 8.25. The highest BCUT2D eigenvalue weighted by atomic mass is 35.5. The van der Waals surface area contributed by atoms with Crippen molar-refractivity contribution >= 4 is 36.0 Å². The molecule has 0 radical (unpaired) electrons. The topological polar surface area (TPSA) is 65.5 Å². The number of aliphatic hydroxyl groups is 2. The summed E-state index contributed by atoms with van der Waals surface area (Å²) in [5.41, 5.74) is 0. The number of thioether (sulfide) groups is 1. The summed E-state index contributed by atoms with van der Waals surface area (Å²) in [6.07, 6.45) is 0.855. The zero-order valence-electron chi connectivity index (χ0n) is 8.34. The Bertz CT molecular complexity index is 134. The number of ether oxygens (including phenoxy) is 2. The summed E-state index contributed by atoms with van der Waals surface area (Å²) < 4.78 is 9.60. The molecule has 2 aliphatic rings. The lowest BCUT2D eigenvalue weighted by Gasteiger charge is -1.86. The number of rotatable bonds is 4. The number of halogens is 1. The zero-order valence-corrected chi connectivity index (χ0v) is 10.8. The molecule has 2 rings (SSSR count). The molecule has 2 fully saturated rings. The second-order valence-electron chi connectivity index (χ2n) is 2.71. The Balaban J connectivity index is 0.000000216. The van der Waals surface area contributed by atoms with Crippen molar-refractivity contribution in [1.82, 2.24) is 0 Å². The molecule has 0 aliphatic carbocycles. The van der Waals surface area contributed by atoms with E-state index in [1.165, 1.54) is 11.8 Å². The average Bonchev–Trinajstić information content (AvgIpc) is 3.09. The first kappa shape index (κ1) is 15.8. The molecule has 92 valence electrons. The third kappa shape index (κ3) is 14.8. The van der Waals surface area contributed by atoms with Crippen LogP contribution in [-0.4, -0.2) is 59.1 Å². The van der Waals surface area contributed by atoms with Crippen LogP contribution in [-0.2, 0) is 9.47 Å². The second kappa shape index (κ2) is 11.3. The number of hydrogen-bond acceptors (Lipinski definition) is 6. The fourth-order valence-corrected chi connectivity index (χ4v) is 1.24. The summed E-state index contributed by atoms with van der Waals surface area (Å²) >= 11 is 10.1. The van der Waals surface area contributed by atoms with E-state index < -0.39 is 0 Å². The van der Waals surface area contributed by atoms with E-state index in [0.717, 1.165) is 19.0 Å². The summed E-state index contributed by atoms with van der Waals surface area (Å²) in [4.78, 5) is 0. The number of alkyl halides is 1. The van der Waals surface area contributed by atoms with Crippen LogP contribution in [0.3, 0.4) is 0 Å². The molecule has 2 saturated heterocycles. The fourth-order valence-electron chi connectivity index (χ4n) is 0.506. The smallest absolute Gasteiger partial charge is 0.0944 e. The molecule has 0 aromatic carbocycles. The summed E-state index contributed by atoms with van der Waals surface area (Å²) in [6, 6.07) is 0. The monoisotopic (exact) mass is 276 g/mol. The molecule has 15 heavy (non-hydrogen) atoms. The summed E-state index contributed by atoms with van der Waals surface area (Å²) in [7, 11) is 0. The molecular formula is C8H17ClO4S2. The second-order valence-corrected chi connectivity index (χ2v) is 4.30. The van der Waals surface area contributed by atoms with Crippen LogP contribution in [0.2, 0.25) is 0 Å². The van der Waals surface area contributed by atoms with E-state index >= 15 is 0 Å². The van der Waals surface area contributed by atoms with Gasteiger partial charge in [-0.15, -0.1) is 23.4 Å². The van der Waals surface area contributed by atoms with Crippen molar-refractivity contribution in [3.05, 3.63) is 0 Å². The predicted octanol–water partition coefficient (Wildman–Crippen LogP) is 0.558. The molecule has 0 spiro atoms. The van der Waals surface area contributed by atoms with Gasteiger partial charge < -0.3 is 19.7 Å². The van der Waals surface area contributed by atoms with Gasteiger partial charge in [0.25, 0.3) is 0 Å². The van der Waals surface area contributed by atoms with Gasteiger partial charge in [0.15, 0.2) is 0 Å². The maximum absolute atomic E-state index is 8.25. The minimum Gasteiger partial charge on any atom is -0.386 e. The highest BCUT2D eigenvalue weighted by molar-refractivity contribution is 7.99. The molecule has 2 atom stereocenters. The Morgan fingerprint density at radius 2 is 1.73 bits per heavy atom. The SMILES string of the molecule is ClCC1CO1.OCS.OCSCC1CO1. The summed E-state index contributed by atoms with van der Waals surface area (Å²) in [5.74, 6) is 1.79. The molecule has 0 aromatic heterocycles. The van der Waals surface area contributed by atoms with Crippen molar-refractivity contribution < 1.29 is 19.7 Å². The van der Waals surface area contributed by atoms with Gasteiger partial charge in [-0.25, -0.2) is 0 Å². The van der Waals surface area contributed by atoms with Crippen molar-refractivity contribution in [2.24, 2.45) is 0 Å². The molecule has 4 nitrogen and oxygen atoms in total. The van der Waals surface area contributed by atoms with Gasteiger partial charge in [0.2, 0.25) is 0 Å². The highest BCUT2D eigenvalue weighted by Gasteiger charge is 2.21. The van der Waals surface area contributed by atoms with Gasteiger partial charge >= 0.3 is 0 Å². The predicted molar refractivity (Wildman–Crippen MR) is 65.8 cm³/mol. The van der Waals surface area contributed by atoms with E-state index in [-0.39, 0.29) is 11.9 Å². The number of thiol groups is 1. The lowest BCUT2D eigenvalue weighted by molar-refractivity contribution is 0.374. The molecule has 0 aromatic rings. The molecule has 2 aliphatic heterocycles. The number of epoxide rings is 2. The van der Waals surface area contributed by atoms with Crippen molar-refractivity contribution in [2.75, 3.05) is 36.7 Å². The van der Waals surface area contributed by atoms with E-state index in [0.29, 0.717) is 18.1 Å². The standard InChI is InChI=1S/C4H8O2S.C3H5ClO.CH4OS/c5-3-7-2-4-1-6-4;4-1-3-2-5-3;2-1-3/h4-5H,1-3H2;3H,1-2H2;2-3H,1H2. The lowest BCUT2D eigenvalue weighted by Crippen LogP contribution is -1.88. The van der Waals surface area contributed by atoms with Crippen molar-refractivity contribution in [3.8, 4) is 0 Å². The Kier molecular flexibility index (Phi) is 11.9. The van der Waals surface area contributed by atoms with Crippen LogP contribution in [0.5, 0.6) is 0 Å². The fraction of sp³-hybridized carbons (Fsp3) is 1.00. The Hall–Kier alpha value is 0.830. The van der Waals surface area contributed by atoms with Crippen LogP contribution in [0.1, 0.15) is 0 Å². The zero-order chi connectivity index (χ0) is 11.5. The number of hydrogen-bond donors (Lipinski definition) is 3. The molecule has 2 N–H and O–H groups in total. The Labute approximate surface area is 105 Å². The average molecular weight is 277 g/mol. The van der Waals surface area contributed by atoms with Crippen LogP contribution in [0, 0.1) is 0 Å². The van der Waals surface area contributed by atoms with Crippen LogP contribution in [0.15, 0.2) is 0 Å². The van der Waals surface area contributed by atoms with Crippen molar-refractivity contribution in [2.45, 2.75) is 12.2 Å². The van der Waals surface area contributed by atoms with Gasteiger partial charge in [-0.3, -0.25) is 0 Å². The van der Waals surface area contributed by atoms with E-state index in [2.05, 4.69) is 12.6 Å². The van der Waals surface area contributed by atoms with Gasteiger partial charge in [0.05, 0.1) is 43.2 Å². The van der Waals surface area contributed by atoms with E-state index in [1.54, 1.807) is 0 Å². The molecule has 0 amide bonds. The quantitative estimate of drug-likeness (QED) is 0.303. The molecule has 2 unspecified atom stereocenters. The first-order valence-electron chi connectivity index (χ1n) is 4.48. The Morgan fingerprint density at radius 1 is 1.27 bits per heavy atom. The van der Waals surface area contributed by atoms with Gasteiger partial charge in [0.1, 0.15) is 0 Å². The van der Waals surface area contributed by atoms with Gasteiger partial charge in [-0.2, -0.15) is 12.6 Å². The molecule has 7 heteroatoms. The van der Waals surface area contributed by atoms with Crippen molar-refractivity contribution in [3.63, 3.8) is 0 Å². The third-order valence-electron chi connectivity index (χ3n) is 1.37. The first-order chi connectivity index (χ1) is 7.28. The highest BCUT2D eigenvalue weighted by Crippen LogP contribution is 2.14. The maximum Gasteiger partial charge on any atom is 0.0944 e. The normalized spacial score (nSPS) is 25.6. The molecule has 2 heterocycles. The minimum absolute atomic E-state index is 0.0556. The van der Waals surface area contributed by atoms with Gasteiger partial charge in [-0.1, -0.05) is 0 Å². The van der Waals surface area contributed by atoms with E-state index in [1.807, 2.05) is 0 Å². The largest absolute Gasteiger partial charge is 0.386 e. The van der Waals surface area contributed by atoms with Crippen LogP contribution in [0.25, 0.3) is 0 Å².